The Balaban J connectivity index is 2.03. The Morgan fingerprint density at radius 2 is 2.09 bits per heavy atom. The molecular formula is C17H21NO3S2. The maximum absolute atomic E-state index is 11.7. The summed E-state index contributed by atoms with van der Waals surface area (Å²) in [6.45, 7) is 2.87. The van der Waals surface area contributed by atoms with Gasteiger partial charge in [0.15, 0.2) is 11.5 Å². The fraction of sp³-hybridized carbons (Fsp3) is 0.412. The smallest absolute Gasteiger partial charge is 0.263 e. The zero-order valence-corrected chi connectivity index (χ0v) is 15.0. The minimum absolute atomic E-state index is 0.157. The van der Waals surface area contributed by atoms with Gasteiger partial charge in [0, 0.05) is 0 Å². The lowest BCUT2D eigenvalue weighted by Crippen LogP contribution is -2.17. The number of carbonyl (C=O) groups excluding carboxylic acids is 1. The summed E-state index contributed by atoms with van der Waals surface area (Å²) in [4.78, 5) is 12.3. The Morgan fingerprint density at radius 1 is 1.26 bits per heavy atom. The van der Waals surface area contributed by atoms with Crippen molar-refractivity contribution in [1.29, 1.82) is 0 Å². The highest BCUT2D eigenvalue weighted by molar-refractivity contribution is 8.26. The van der Waals surface area contributed by atoms with Crippen LogP contribution in [0.25, 0.3) is 6.08 Å². The van der Waals surface area contributed by atoms with E-state index in [1.165, 1.54) is 31.0 Å². The highest BCUT2D eigenvalue weighted by atomic mass is 32.2. The molecule has 2 rings (SSSR count). The summed E-state index contributed by atoms with van der Waals surface area (Å²) in [5.74, 6) is 1.24. The van der Waals surface area contributed by atoms with Crippen LogP contribution in [0, 0.1) is 0 Å². The van der Waals surface area contributed by atoms with E-state index in [-0.39, 0.29) is 5.91 Å². The number of benzene rings is 1. The molecule has 0 unspecified atom stereocenters. The average molecular weight is 351 g/mol. The lowest BCUT2D eigenvalue weighted by atomic mass is 10.2. The predicted octanol–water partition coefficient (Wildman–Crippen LogP) is 4.14. The number of thiocarbonyl (C=S) groups is 1. The molecule has 23 heavy (non-hydrogen) atoms. The fourth-order valence-electron chi connectivity index (χ4n) is 2.18. The van der Waals surface area contributed by atoms with Crippen LogP contribution in [0.15, 0.2) is 23.1 Å². The molecule has 124 valence electrons. The molecule has 1 N–H and O–H groups in total. The number of nitrogens with one attached hydrogen (secondary N) is 1. The molecule has 0 aromatic heterocycles. The number of unbranched alkanes of at least 4 members (excludes halogenated alkanes) is 3. The van der Waals surface area contributed by atoms with Crippen molar-refractivity contribution in [2.75, 3.05) is 13.7 Å². The molecule has 1 fully saturated rings. The Hall–Kier alpha value is -1.53. The molecule has 0 aliphatic carbocycles. The Bertz CT molecular complexity index is 614. The van der Waals surface area contributed by atoms with Crippen LogP contribution in [0.1, 0.15) is 38.2 Å². The molecule has 1 aliphatic rings. The number of amides is 1. The summed E-state index contributed by atoms with van der Waals surface area (Å²) in [5, 5.41) is 2.60. The molecule has 6 heteroatoms. The second kappa shape index (κ2) is 8.93. The third-order valence-corrected chi connectivity index (χ3v) is 4.55. The molecule has 0 spiro atoms. The summed E-state index contributed by atoms with van der Waals surface area (Å²) in [6.07, 6.45) is 6.45. The van der Waals surface area contributed by atoms with Gasteiger partial charge in [-0.1, -0.05) is 56.2 Å². The molecule has 1 amide bonds. The number of carbonyl (C=O) groups is 1. The van der Waals surface area contributed by atoms with Crippen LogP contribution in [0.2, 0.25) is 0 Å². The van der Waals surface area contributed by atoms with Crippen molar-refractivity contribution in [3.05, 3.63) is 28.7 Å². The van der Waals surface area contributed by atoms with Crippen molar-refractivity contribution in [1.82, 2.24) is 5.32 Å². The molecule has 1 saturated heterocycles. The highest BCUT2D eigenvalue weighted by Gasteiger charge is 2.22. The van der Waals surface area contributed by atoms with Crippen molar-refractivity contribution in [2.24, 2.45) is 0 Å². The van der Waals surface area contributed by atoms with Gasteiger partial charge in [0.05, 0.1) is 18.6 Å². The maximum Gasteiger partial charge on any atom is 0.263 e. The van der Waals surface area contributed by atoms with Crippen LogP contribution < -0.4 is 14.8 Å². The van der Waals surface area contributed by atoms with E-state index in [0.29, 0.717) is 21.6 Å². The summed E-state index contributed by atoms with van der Waals surface area (Å²) in [7, 11) is 1.61. The first-order chi connectivity index (χ1) is 11.1. The van der Waals surface area contributed by atoms with Gasteiger partial charge in [0.25, 0.3) is 5.91 Å². The number of methoxy groups -OCH3 is 1. The quantitative estimate of drug-likeness (QED) is 0.433. The molecule has 0 bridgehead atoms. The standard InChI is InChI=1S/C17H21NO3S2/c1-3-4-5-6-9-21-13-8-7-12(10-14(13)20-2)11-15-16(19)18-17(22)23-15/h7-8,10-11H,3-6,9H2,1-2H3,(H,18,19,22). The molecule has 0 radical (unpaired) electrons. The monoisotopic (exact) mass is 351 g/mol. The van der Waals surface area contributed by atoms with Gasteiger partial charge >= 0.3 is 0 Å². The van der Waals surface area contributed by atoms with Crippen molar-refractivity contribution >= 4 is 40.3 Å². The zero-order valence-electron chi connectivity index (χ0n) is 13.4. The van der Waals surface area contributed by atoms with Gasteiger partial charge in [-0.3, -0.25) is 4.79 Å². The molecule has 4 nitrogen and oxygen atoms in total. The van der Waals surface area contributed by atoms with Gasteiger partial charge in [0.1, 0.15) is 4.32 Å². The molecule has 1 aromatic carbocycles. The van der Waals surface area contributed by atoms with Crippen LogP contribution in [0.5, 0.6) is 11.5 Å². The van der Waals surface area contributed by atoms with Crippen molar-refractivity contribution < 1.29 is 14.3 Å². The third kappa shape index (κ3) is 5.25. The SMILES string of the molecule is CCCCCCOc1ccc(C=C2SC(=S)NC2=O)cc1OC. The molecule has 0 atom stereocenters. The largest absolute Gasteiger partial charge is 0.493 e. The Labute approximate surface area is 146 Å². The molecule has 1 aliphatic heterocycles. The van der Waals surface area contributed by atoms with E-state index < -0.39 is 0 Å². The number of rotatable bonds is 8. The van der Waals surface area contributed by atoms with Crippen LogP contribution >= 0.6 is 24.0 Å². The van der Waals surface area contributed by atoms with Crippen LogP contribution in [-0.2, 0) is 4.79 Å². The van der Waals surface area contributed by atoms with E-state index >= 15 is 0 Å². The highest BCUT2D eigenvalue weighted by Crippen LogP contribution is 2.31. The Morgan fingerprint density at radius 3 is 2.74 bits per heavy atom. The Kier molecular flexibility index (Phi) is 6.92. The summed E-state index contributed by atoms with van der Waals surface area (Å²) in [5.41, 5.74) is 0.877. The van der Waals surface area contributed by atoms with Crippen molar-refractivity contribution in [2.45, 2.75) is 32.6 Å². The third-order valence-electron chi connectivity index (χ3n) is 3.38. The predicted molar refractivity (Wildman–Crippen MR) is 98.9 cm³/mol. The molecule has 1 aromatic rings. The van der Waals surface area contributed by atoms with Gasteiger partial charge in [-0.15, -0.1) is 0 Å². The lowest BCUT2D eigenvalue weighted by Gasteiger charge is -2.11. The normalized spacial score (nSPS) is 15.8. The topological polar surface area (TPSA) is 47.6 Å². The van der Waals surface area contributed by atoms with Gasteiger partial charge in [-0.2, -0.15) is 0 Å². The van der Waals surface area contributed by atoms with E-state index in [9.17, 15) is 4.79 Å². The first-order valence-electron chi connectivity index (χ1n) is 7.69. The summed E-state index contributed by atoms with van der Waals surface area (Å²) >= 11 is 6.25. The van der Waals surface area contributed by atoms with Crippen molar-refractivity contribution in [3.8, 4) is 11.5 Å². The first-order valence-corrected chi connectivity index (χ1v) is 8.92. The second-order valence-corrected chi connectivity index (χ2v) is 6.89. The van der Waals surface area contributed by atoms with Gasteiger partial charge < -0.3 is 14.8 Å². The van der Waals surface area contributed by atoms with Gasteiger partial charge in [0.2, 0.25) is 0 Å². The fourth-order valence-corrected chi connectivity index (χ4v) is 3.22. The molecule has 0 saturated carbocycles. The van der Waals surface area contributed by atoms with Gasteiger partial charge in [-0.25, -0.2) is 0 Å². The minimum Gasteiger partial charge on any atom is -0.493 e. The number of ether oxygens (including phenoxy) is 2. The van der Waals surface area contributed by atoms with Crippen LogP contribution in [0.4, 0.5) is 0 Å². The average Bonchev–Trinajstić information content (AvgIpc) is 2.85. The zero-order chi connectivity index (χ0) is 16.7. The first kappa shape index (κ1) is 17.8. The van der Waals surface area contributed by atoms with E-state index in [1.54, 1.807) is 13.2 Å². The lowest BCUT2D eigenvalue weighted by molar-refractivity contribution is -0.115. The van der Waals surface area contributed by atoms with Crippen LogP contribution in [-0.4, -0.2) is 23.9 Å². The van der Waals surface area contributed by atoms with Gasteiger partial charge in [-0.05, 0) is 30.2 Å². The number of hydrogen-bond donors (Lipinski definition) is 1. The number of thioether (sulfide) groups is 1. The molecular weight excluding hydrogens is 330 g/mol. The van der Waals surface area contributed by atoms with E-state index in [1.807, 2.05) is 18.2 Å². The number of hydrogen-bond acceptors (Lipinski definition) is 5. The van der Waals surface area contributed by atoms with E-state index in [0.717, 1.165) is 17.7 Å². The maximum atomic E-state index is 11.7. The van der Waals surface area contributed by atoms with Crippen LogP contribution in [0.3, 0.4) is 0 Å². The summed E-state index contributed by atoms with van der Waals surface area (Å²) in [6, 6.07) is 5.65. The van der Waals surface area contributed by atoms with E-state index in [4.69, 9.17) is 21.7 Å². The second-order valence-electron chi connectivity index (χ2n) is 5.17. The molecule has 1 heterocycles. The van der Waals surface area contributed by atoms with Crippen molar-refractivity contribution in [3.63, 3.8) is 0 Å². The minimum atomic E-state index is -0.157. The summed E-state index contributed by atoms with van der Waals surface area (Å²) < 4.78 is 11.7. The van der Waals surface area contributed by atoms with E-state index in [2.05, 4.69) is 12.2 Å².